The molecule has 2 bridgehead atoms. The third-order valence-electron chi connectivity index (χ3n) is 5.30. The van der Waals surface area contributed by atoms with Crippen molar-refractivity contribution in [1.82, 2.24) is 14.3 Å². The van der Waals surface area contributed by atoms with Gasteiger partial charge in [-0.25, -0.2) is 4.68 Å². The van der Waals surface area contributed by atoms with Gasteiger partial charge in [0.15, 0.2) is 16.4 Å². The summed E-state index contributed by atoms with van der Waals surface area (Å²) in [6.45, 7) is 0.938. The van der Waals surface area contributed by atoms with E-state index in [0.29, 0.717) is 29.4 Å². The number of rotatable bonds is 4. The molecule has 2 saturated heterocycles. The fraction of sp³-hybridized carbons (Fsp3) is 0.286. The molecule has 3 heterocycles. The SMILES string of the molecule is O=C1C[C@@H](n2nc(-c3ccc(Cl)cc3)n(Cc3ccccc3)c2=S)[C@@H]2CO[C@@H]1O2. The average molecular weight is 428 g/mol. The second-order valence-corrected chi connectivity index (χ2v) is 8.01. The second-order valence-electron chi connectivity index (χ2n) is 7.21. The zero-order chi connectivity index (χ0) is 20.0. The molecule has 0 spiro atoms. The summed E-state index contributed by atoms with van der Waals surface area (Å²) in [6, 6.07) is 17.3. The predicted octanol–water partition coefficient (Wildman–Crippen LogP) is 4.04. The molecule has 0 amide bonds. The highest BCUT2D eigenvalue weighted by molar-refractivity contribution is 7.71. The Hall–Kier alpha value is -2.32. The summed E-state index contributed by atoms with van der Waals surface area (Å²) in [5.41, 5.74) is 2.01. The first-order valence-corrected chi connectivity index (χ1v) is 10.2. The first kappa shape index (κ1) is 18.7. The highest BCUT2D eigenvalue weighted by Gasteiger charge is 2.45. The van der Waals surface area contributed by atoms with Gasteiger partial charge in [-0.2, -0.15) is 5.10 Å². The molecule has 2 aliphatic rings. The van der Waals surface area contributed by atoms with E-state index in [1.54, 1.807) is 4.68 Å². The lowest BCUT2D eigenvalue weighted by atomic mass is 10.0. The van der Waals surface area contributed by atoms with E-state index in [1.807, 2.05) is 59.2 Å². The molecule has 0 unspecified atom stereocenters. The summed E-state index contributed by atoms with van der Waals surface area (Å²) >= 11 is 11.9. The lowest BCUT2D eigenvalue weighted by molar-refractivity contribution is -0.156. The van der Waals surface area contributed by atoms with Gasteiger partial charge in [-0.15, -0.1) is 0 Å². The van der Waals surface area contributed by atoms with E-state index in [2.05, 4.69) is 0 Å². The van der Waals surface area contributed by atoms with Crippen LogP contribution in [0.15, 0.2) is 54.6 Å². The molecule has 1 aromatic heterocycles. The summed E-state index contributed by atoms with van der Waals surface area (Å²) in [7, 11) is 0. The van der Waals surface area contributed by atoms with Gasteiger partial charge in [0, 0.05) is 17.0 Å². The zero-order valence-electron chi connectivity index (χ0n) is 15.4. The number of nitrogens with zero attached hydrogens (tertiary/aromatic N) is 3. The fourth-order valence-corrected chi connectivity index (χ4v) is 4.27. The Kier molecular flexibility index (Phi) is 4.83. The number of carbonyl (C=O) groups excluding carboxylic acids is 1. The van der Waals surface area contributed by atoms with Gasteiger partial charge < -0.3 is 9.47 Å². The Morgan fingerprint density at radius 3 is 2.66 bits per heavy atom. The van der Waals surface area contributed by atoms with Crippen molar-refractivity contribution in [2.75, 3.05) is 6.61 Å². The summed E-state index contributed by atoms with van der Waals surface area (Å²) in [5, 5.41) is 5.48. The number of halogens is 1. The highest BCUT2D eigenvalue weighted by atomic mass is 35.5. The molecule has 3 atom stereocenters. The van der Waals surface area contributed by atoms with Crippen LogP contribution in [0, 0.1) is 4.77 Å². The first-order chi connectivity index (χ1) is 14.1. The van der Waals surface area contributed by atoms with E-state index in [1.165, 1.54) is 0 Å². The van der Waals surface area contributed by atoms with Crippen molar-refractivity contribution in [1.29, 1.82) is 0 Å². The molecule has 5 rings (SSSR count). The van der Waals surface area contributed by atoms with Crippen LogP contribution in [-0.4, -0.2) is 39.1 Å². The molecular weight excluding hydrogens is 410 g/mol. The Morgan fingerprint density at radius 2 is 1.90 bits per heavy atom. The number of benzene rings is 2. The number of ether oxygens (including phenoxy) is 2. The van der Waals surface area contributed by atoms with Crippen LogP contribution in [0.3, 0.4) is 0 Å². The summed E-state index contributed by atoms with van der Waals surface area (Å²) in [6.07, 6.45) is -0.679. The normalized spacial score (nSPS) is 23.5. The zero-order valence-corrected chi connectivity index (χ0v) is 17.0. The minimum Gasteiger partial charge on any atom is -0.343 e. The van der Waals surface area contributed by atoms with Crippen molar-refractivity contribution in [2.24, 2.45) is 0 Å². The largest absolute Gasteiger partial charge is 0.343 e. The number of carbonyl (C=O) groups is 1. The van der Waals surface area contributed by atoms with Crippen LogP contribution < -0.4 is 0 Å². The standard InChI is InChI=1S/C21H18ClN3O3S/c22-15-8-6-14(7-9-15)19-23-25(16-10-17(26)20-27-12-18(16)28-20)21(29)24(19)11-13-4-2-1-3-5-13/h1-9,16,18,20H,10-12H2/t16-,18+,20-/m1/s1. The maximum Gasteiger partial charge on any atom is 0.218 e. The molecule has 0 saturated carbocycles. The average Bonchev–Trinajstić information content (AvgIpc) is 3.30. The van der Waals surface area contributed by atoms with Crippen LogP contribution >= 0.6 is 23.8 Å². The lowest BCUT2D eigenvalue weighted by Gasteiger charge is -2.26. The number of ketones is 1. The van der Waals surface area contributed by atoms with Gasteiger partial charge in [-0.3, -0.25) is 9.36 Å². The molecule has 2 aromatic carbocycles. The molecule has 2 aliphatic heterocycles. The van der Waals surface area contributed by atoms with Crippen LogP contribution in [-0.2, 0) is 20.8 Å². The fourth-order valence-electron chi connectivity index (χ4n) is 3.82. The van der Waals surface area contributed by atoms with Gasteiger partial charge in [0.2, 0.25) is 6.29 Å². The Balaban J connectivity index is 1.61. The monoisotopic (exact) mass is 427 g/mol. The second kappa shape index (κ2) is 7.50. The summed E-state index contributed by atoms with van der Waals surface area (Å²) in [4.78, 5) is 12.3. The number of hydrogen-bond acceptors (Lipinski definition) is 5. The number of Topliss-reactive ketones (excluding diaryl/α,β-unsaturated/α-hetero) is 1. The minimum atomic E-state index is -0.743. The van der Waals surface area contributed by atoms with Gasteiger partial charge in [-0.1, -0.05) is 41.9 Å². The van der Waals surface area contributed by atoms with Gasteiger partial charge in [-0.05, 0) is 42.0 Å². The van der Waals surface area contributed by atoms with Crippen molar-refractivity contribution >= 4 is 29.6 Å². The molecular formula is C21H18ClN3O3S. The minimum absolute atomic E-state index is 0.0729. The maximum absolute atomic E-state index is 12.3. The van der Waals surface area contributed by atoms with Crippen LogP contribution in [0.4, 0.5) is 0 Å². The van der Waals surface area contributed by atoms with E-state index in [9.17, 15) is 4.79 Å². The topological polar surface area (TPSA) is 58.3 Å². The molecule has 6 nitrogen and oxygen atoms in total. The molecule has 0 N–H and O–H groups in total. The maximum atomic E-state index is 12.3. The van der Waals surface area contributed by atoms with Crippen molar-refractivity contribution in [3.63, 3.8) is 0 Å². The molecule has 29 heavy (non-hydrogen) atoms. The smallest absolute Gasteiger partial charge is 0.218 e. The van der Waals surface area contributed by atoms with Gasteiger partial charge in [0.05, 0.1) is 19.2 Å². The van der Waals surface area contributed by atoms with E-state index >= 15 is 0 Å². The van der Waals surface area contributed by atoms with Gasteiger partial charge in [0.1, 0.15) is 6.10 Å². The van der Waals surface area contributed by atoms with Crippen molar-refractivity contribution < 1.29 is 14.3 Å². The Morgan fingerprint density at radius 1 is 1.14 bits per heavy atom. The highest BCUT2D eigenvalue weighted by Crippen LogP contribution is 2.34. The predicted molar refractivity (Wildman–Crippen MR) is 110 cm³/mol. The van der Waals surface area contributed by atoms with E-state index in [4.69, 9.17) is 38.4 Å². The molecule has 8 heteroatoms. The van der Waals surface area contributed by atoms with Crippen molar-refractivity contribution in [2.45, 2.75) is 31.4 Å². The third kappa shape index (κ3) is 3.44. The quantitative estimate of drug-likeness (QED) is 0.588. The molecule has 2 fully saturated rings. The number of aromatic nitrogens is 3. The van der Waals surface area contributed by atoms with E-state index in [0.717, 1.165) is 17.0 Å². The Bertz CT molecular complexity index is 1110. The first-order valence-electron chi connectivity index (χ1n) is 9.39. The van der Waals surface area contributed by atoms with Crippen LogP contribution in [0.1, 0.15) is 18.0 Å². The summed E-state index contributed by atoms with van der Waals surface area (Å²) < 4.78 is 15.4. The lowest BCUT2D eigenvalue weighted by Crippen LogP contribution is -2.37. The number of hydrogen-bond donors (Lipinski definition) is 0. The third-order valence-corrected chi connectivity index (χ3v) is 5.96. The number of fused-ring (bicyclic) bond motifs is 2. The van der Waals surface area contributed by atoms with Gasteiger partial charge in [0.25, 0.3) is 0 Å². The van der Waals surface area contributed by atoms with Crippen LogP contribution in [0.25, 0.3) is 11.4 Å². The molecule has 148 valence electrons. The Labute approximate surface area is 177 Å². The van der Waals surface area contributed by atoms with Crippen molar-refractivity contribution in [3.8, 4) is 11.4 Å². The van der Waals surface area contributed by atoms with E-state index < -0.39 is 6.29 Å². The van der Waals surface area contributed by atoms with Gasteiger partial charge >= 0.3 is 0 Å². The molecule has 0 aliphatic carbocycles. The van der Waals surface area contributed by atoms with Crippen LogP contribution in [0.2, 0.25) is 5.02 Å². The molecule has 3 aromatic rings. The van der Waals surface area contributed by atoms with Crippen molar-refractivity contribution in [3.05, 3.63) is 70.0 Å². The van der Waals surface area contributed by atoms with Crippen LogP contribution in [0.5, 0.6) is 0 Å². The van der Waals surface area contributed by atoms with E-state index in [-0.39, 0.29) is 17.9 Å². The molecule has 0 radical (unpaired) electrons. The summed E-state index contributed by atoms with van der Waals surface area (Å²) in [5.74, 6) is 0.653.